The highest BCUT2D eigenvalue weighted by Gasteiger charge is 2.43. The first-order chi connectivity index (χ1) is 69.0. The van der Waals surface area contributed by atoms with Gasteiger partial charge in [0.1, 0.15) is 35.8 Å². The molecule has 16 rings (SSSR count). The van der Waals surface area contributed by atoms with Gasteiger partial charge in [0, 0.05) is 196 Å². The number of rotatable bonds is 38. The number of carbonyl (C=O) groups is 8. The molecule has 756 valence electrons. The van der Waals surface area contributed by atoms with E-state index in [-0.39, 0.29) is 133 Å². The van der Waals surface area contributed by atoms with Crippen LogP contribution in [0.4, 0.5) is 35.1 Å². The number of nitrogens with one attached hydrogen (secondary N) is 4. The van der Waals surface area contributed by atoms with Crippen molar-refractivity contribution in [3.8, 4) is 0 Å². The predicted molar refractivity (Wildman–Crippen MR) is 500 cm³/mol. The number of ether oxygens (including phenoxy) is 12. The van der Waals surface area contributed by atoms with Gasteiger partial charge in [0.05, 0.1) is 127 Å². The molecular weight excluding hydrogens is 1950 g/mol. The van der Waals surface area contributed by atoms with E-state index in [1.807, 2.05) is 20.6 Å². The minimum absolute atomic E-state index is 0.0144. The smallest absolute Gasteiger partial charge is 0.338 e. The Labute approximate surface area is 824 Å². The van der Waals surface area contributed by atoms with Crippen LogP contribution in [0.1, 0.15) is 106 Å². The van der Waals surface area contributed by atoms with Crippen LogP contribution in [0, 0.1) is 46.5 Å². The lowest BCUT2D eigenvalue weighted by atomic mass is 9.94. The van der Waals surface area contributed by atoms with E-state index in [0.717, 1.165) is 24.3 Å². The SMILES string of the molecule is CCOC(=O)C1=C(CN2CCO[C@@H](CCOC=O)C2)NC(c2nccs2)=N[C@H]1c1ccc(F)c(F)c1F.CCOC(=O)C1=C(CN2CCO[C@@H](CCOC=O)C2)NC(c2nccs2)=N[C@H]1c1ccccc1F.COC(=O)C1=C(CN2CCO[C@@H](CCOC=O)C2)NC(c2nccs2)=N[C@H]1c1ccc(F)c(F)c1F.COC(=O)C1=C(CN2CCO[C@@H](CCOC=O)C2)NC(c2nccs2)=N[C@H]1c1ccccc1F. The van der Waals surface area contributed by atoms with Gasteiger partial charge in [0.25, 0.3) is 25.9 Å². The zero-order valence-corrected chi connectivity index (χ0v) is 80.3. The molecule has 8 aromatic rings. The minimum atomic E-state index is -1.66. The third-order valence-corrected chi connectivity index (χ3v) is 26.0. The van der Waals surface area contributed by atoms with Crippen molar-refractivity contribution >= 4 is 118 Å². The molecule has 4 saturated heterocycles. The van der Waals surface area contributed by atoms with E-state index in [0.29, 0.717) is 198 Å². The maximum absolute atomic E-state index is 15.0. The van der Waals surface area contributed by atoms with Gasteiger partial charge in [-0.1, -0.05) is 48.5 Å². The van der Waals surface area contributed by atoms with Crippen molar-refractivity contribution in [3.63, 3.8) is 0 Å². The molecule has 4 aromatic heterocycles. The van der Waals surface area contributed by atoms with Crippen molar-refractivity contribution in [2.24, 2.45) is 20.0 Å². The highest BCUT2D eigenvalue weighted by atomic mass is 32.1. The van der Waals surface area contributed by atoms with Gasteiger partial charge in [-0.25, -0.2) is 74.2 Å². The van der Waals surface area contributed by atoms with Crippen LogP contribution in [0.3, 0.4) is 0 Å². The van der Waals surface area contributed by atoms with Gasteiger partial charge in [-0.2, -0.15) is 0 Å². The summed E-state index contributed by atoms with van der Waals surface area (Å²) in [6.45, 7) is 13.5. The Morgan fingerprint density at radius 3 is 0.880 bits per heavy atom. The summed E-state index contributed by atoms with van der Waals surface area (Å²) in [5.41, 5.74) is 2.31. The zero-order chi connectivity index (χ0) is 101. The van der Waals surface area contributed by atoms with Crippen LogP contribution in [-0.4, -0.2) is 296 Å². The molecule has 0 amide bonds. The highest BCUT2D eigenvalue weighted by Crippen LogP contribution is 2.41. The van der Waals surface area contributed by atoms with E-state index in [1.165, 1.54) is 71.7 Å². The molecule has 12 heterocycles. The Hall–Kier alpha value is -12.9. The molecule has 4 fully saturated rings. The first kappa shape index (κ1) is 106. The Morgan fingerprint density at radius 1 is 0.366 bits per heavy atom. The van der Waals surface area contributed by atoms with Crippen LogP contribution in [0.15, 0.2) is 184 Å². The molecule has 0 unspecified atom stereocenters. The Kier molecular flexibility index (Phi) is 39.9. The van der Waals surface area contributed by atoms with Crippen molar-refractivity contribution < 1.29 is 130 Å². The van der Waals surface area contributed by atoms with Gasteiger partial charge in [-0.3, -0.25) is 58.7 Å². The fraction of sp³-hybridized carbons (Fsp3) is 0.404. The van der Waals surface area contributed by atoms with Gasteiger partial charge in [-0.05, 0) is 38.1 Å². The molecule has 48 heteroatoms. The summed E-state index contributed by atoms with van der Waals surface area (Å²) in [6, 6.07) is 11.9. The topological polar surface area (TPSA) is 409 Å². The van der Waals surface area contributed by atoms with Crippen LogP contribution in [0.25, 0.3) is 0 Å². The zero-order valence-electron chi connectivity index (χ0n) is 77.0. The second-order valence-corrected chi connectivity index (χ2v) is 35.4. The van der Waals surface area contributed by atoms with E-state index in [4.69, 9.17) is 61.8 Å². The molecular formula is C94H100F8N16O20S4. The lowest BCUT2D eigenvalue weighted by Gasteiger charge is -2.35. The van der Waals surface area contributed by atoms with Crippen molar-refractivity contribution in [1.29, 1.82) is 0 Å². The van der Waals surface area contributed by atoms with Gasteiger partial charge < -0.3 is 78.1 Å². The fourth-order valence-corrected chi connectivity index (χ4v) is 18.7. The number of thiazole rings is 4. The van der Waals surface area contributed by atoms with Gasteiger partial charge >= 0.3 is 23.9 Å². The molecule has 0 saturated carbocycles. The number of morpholine rings is 4. The average Bonchev–Trinajstić information content (AvgIpc) is 1.05. The molecule has 8 atom stereocenters. The Bertz CT molecular complexity index is 5950. The number of esters is 4. The molecule has 0 radical (unpaired) electrons. The molecule has 8 aliphatic rings. The summed E-state index contributed by atoms with van der Waals surface area (Å²) < 4.78 is 178. The number of hydrogen-bond acceptors (Lipinski definition) is 40. The Morgan fingerprint density at radius 2 is 0.634 bits per heavy atom. The lowest BCUT2D eigenvalue weighted by Crippen LogP contribution is -2.46. The monoisotopic (exact) mass is 2050 g/mol. The number of aliphatic imine (C=N–C) groups is 4. The summed E-state index contributed by atoms with van der Waals surface area (Å²) in [7, 11) is 2.46. The van der Waals surface area contributed by atoms with Crippen molar-refractivity contribution in [2.75, 3.05) is 159 Å². The summed E-state index contributed by atoms with van der Waals surface area (Å²) >= 11 is 5.32. The van der Waals surface area contributed by atoms with Crippen LogP contribution < -0.4 is 21.3 Å². The minimum Gasteiger partial charge on any atom is -0.468 e. The first-order valence-corrected chi connectivity index (χ1v) is 48.3. The van der Waals surface area contributed by atoms with E-state index < -0.39 is 94.6 Å². The number of amidine groups is 4. The highest BCUT2D eigenvalue weighted by molar-refractivity contribution is 7.12. The molecule has 36 nitrogen and oxygen atoms in total. The van der Waals surface area contributed by atoms with Crippen molar-refractivity contribution in [2.45, 2.75) is 88.1 Å². The second kappa shape index (κ2) is 53.3. The van der Waals surface area contributed by atoms with Crippen LogP contribution in [0.2, 0.25) is 0 Å². The summed E-state index contributed by atoms with van der Waals surface area (Å²) in [5, 5.41) is 22.1. The van der Waals surface area contributed by atoms with Crippen LogP contribution in [-0.2, 0) is 95.2 Å². The van der Waals surface area contributed by atoms with Crippen LogP contribution in [0.5, 0.6) is 0 Å². The van der Waals surface area contributed by atoms with E-state index in [2.05, 4.69) is 66.0 Å². The third kappa shape index (κ3) is 27.9. The number of methoxy groups -OCH3 is 2. The molecule has 4 N–H and O–H groups in total. The van der Waals surface area contributed by atoms with Crippen molar-refractivity contribution in [1.82, 2.24) is 60.8 Å². The molecule has 0 bridgehead atoms. The fourth-order valence-electron chi connectivity index (χ4n) is 16.4. The number of aromatic nitrogens is 4. The van der Waals surface area contributed by atoms with E-state index in [9.17, 15) is 73.5 Å². The quantitative estimate of drug-likeness (QED) is 0.00698. The number of benzene rings is 4. The molecule has 8 aliphatic heterocycles. The first-order valence-electron chi connectivity index (χ1n) is 44.8. The standard InChI is InChI=1S/C24H25F3N4O5S.C24H27FN4O5S.C23H23F3N4O5S.C23H25FN4O5S/c1-2-35-24(33)18-17(12-31-7-9-36-14(11-31)5-8-34-13-32)29-22(23-28-6-10-37-23)30-21(18)15-3-4-16(25)20(27)19(15)26;1-2-33-24(31)20-19(14-29-9-11-34-16(13-29)7-10-32-15-30)27-22(23-26-8-12-35-23)28-21(20)17-5-3-4-6-18(17)25;1-33-23(32)17-16(11-30-6-8-35-13(10-30)4-7-34-12-31)28-21(22-27-5-9-36-22)29-20(17)14-2-3-15(24)19(26)18(14)25;1-31-23(30)19-18(13-28-8-10-33-15(12-28)6-9-32-14-29)26-21(22-25-7-11-34-22)27-20(19)16-4-2-3-5-17(16)24/h3-4,6,10,13-14,21H,2,5,7-9,11-12H2,1H3,(H,29,30);3-6,8,12,15-16,21H,2,7,9-11,13-14H2,1H3,(H,27,28);2-3,5,9,12-13,20H,4,6-8,10-11H2,1H3,(H,28,29);2-5,7,11,14-15,20H,6,8-10,12-13H2,1H3,(H,26,27)/t14-,21-;16-,21-;13-,20-;15-,20-/m0000/s1. The number of nitrogens with zero attached hydrogens (tertiary/aromatic N) is 12. The summed E-state index contributed by atoms with van der Waals surface area (Å²) in [4.78, 5) is 138. The summed E-state index contributed by atoms with van der Waals surface area (Å²) in [6.07, 6.45) is 7.90. The normalized spacial score (nSPS) is 20.6. The number of halogens is 8. The molecule has 0 aliphatic carbocycles. The van der Waals surface area contributed by atoms with Gasteiger partial charge in [0.15, 0.2) is 78.3 Å². The maximum atomic E-state index is 15.0. The maximum Gasteiger partial charge on any atom is 0.338 e. The lowest BCUT2D eigenvalue weighted by molar-refractivity contribution is -0.139. The Balaban J connectivity index is 0.000000159. The predicted octanol–water partition coefficient (Wildman–Crippen LogP) is 9.59. The van der Waals surface area contributed by atoms with Crippen LogP contribution >= 0.6 is 45.3 Å². The molecule has 0 spiro atoms. The van der Waals surface area contributed by atoms with Gasteiger partial charge in [-0.15, -0.1) is 45.3 Å². The third-order valence-electron chi connectivity index (χ3n) is 22.9. The average molecular weight is 2050 g/mol. The van der Waals surface area contributed by atoms with E-state index in [1.54, 1.807) is 85.8 Å². The number of carbonyl (C=O) groups excluding carboxylic acids is 8. The summed E-state index contributed by atoms with van der Waals surface area (Å²) in [5.74, 6) is -11.0. The number of hydrogen-bond donors (Lipinski definition) is 4. The molecule has 142 heavy (non-hydrogen) atoms. The molecule has 4 aromatic carbocycles. The van der Waals surface area contributed by atoms with Crippen molar-refractivity contribution in [3.05, 3.63) is 253 Å². The second-order valence-electron chi connectivity index (χ2n) is 31.9. The largest absolute Gasteiger partial charge is 0.468 e. The van der Waals surface area contributed by atoms with Gasteiger partial charge in [0.2, 0.25) is 0 Å². The van der Waals surface area contributed by atoms with E-state index >= 15 is 0 Å².